The summed E-state index contributed by atoms with van der Waals surface area (Å²) in [6.07, 6.45) is 0. The van der Waals surface area contributed by atoms with E-state index in [1.54, 1.807) is 0 Å². The van der Waals surface area contributed by atoms with Crippen molar-refractivity contribution in [3.63, 3.8) is 0 Å². The van der Waals surface area contributed by atoms with Crippen molar-refractivity contribution in [3.05, 3.63) is 0 Å². The zero-order chi connectivity index (χ0) is 2.71. The topological polar surface area (TPSA) is 23.1 Å². The maximum Gasteiger partial charge on any atom is 1.00 e. The molecule has 0 rings (SSSR count). The summed E-state index contributed by atoms with van der Waals surface area (Å²) in [7, 11) is -0.0208. The van der Waals surface area contributed by atoms with Crippen LogP contribution in [0, 0.1) is 0 Å². The molecule has 0 N–H and O–H groups in total. The quantitative estimate of drug-likeness (QED) is 0.201. The Bertz CT molecular complexity index is 8.00. The Balaban J connectivity index is 0. The second-order valence-corrected chi connectivity index (χ2v) is 1.08. The van der Waals surface area contributed by atoms with Gasteiger partial charge in [-0.2, -0.15) is 0 Å². The van der Waals surface area contributed by atoms with Gasteiger partial charge in [0.1, 0.15) is 0 Å². The van der Waals surface area contributed by atoms with Crippen molar-refractivity contribution in [2.75, 3.05) is 0 Å². The molecule has 0 unspecified atom stereocenters. The van der Waals surface area contributed by atoms with E-state index in [9.17, 15) is 0 Å². The fraction of sp³-hybridized carbons (Fsp3) is 0. The van der Waals surface area contributed by atoms with Gasteiger partial charge in [-0.15, -0.1) is 0 Å². The molecule has 4 heavy (non-hydrogen) atoms. The summed E-state index contributed by atoms with van der Waals surface area (Å²) < 4.78 is 8.82. The zero-order valence-electron chi connectivity index (χ0n) is 2.23. The maximum absolute atomic E-state index is 8.82. The first kappa shape index (κ1) is 9.04. The summed E-state index contributed by atoms with van der Waals surface area (Å²) in [4.78, 5) is 0. The van der Waals surface area contributed by atoms with E-state index in [4.69, 9.17) is 4.55 Å². The van der Waals surface area contributed by atoms with Gasteiger partial charge in [-0.3, -0.25) is 0 Å². The van der Waals surface area contributed by atoms with Gasteiger partial charge in [0, 0.05) is 10.5 Å². The van der Waals surface area contributed by atoms with Crippen molar-refractivity contribution in [1.29, 1.82) is 0 Å². The molecule has 0 aliphatic rings. The minimum absolute atomic E-state index is 0. The Morgan fingerprint density at radius 1 is 1.75 bits per heavy atom. The van der Waals surface area contributed by atoms with E-state index < -0.39 is 0 Å². The predicted octanol–water partition coefficient (Wildman–Crippen LogP) is -2.75. The van der Waals surface area contributed by atoms with Crippen LogP contribution < -0.4 is 18.9 Å². The third kappa shape index (κ3) is 10.0. The molecule has 0 aromatic carbocycles. The first-order chi connectivity index (χ1) is 1.41. The second-order valence-electron chi connectivity index (χ2n) is 0.0690. The van der Waals surface area contributed by atoms with Crippen LogP contribution in [0.5, 0.6) is 0 Å². The van der Waals surface area contributed by atoms with E-state index in [1.807, 2.05) is 0 Å². The number of hydrogen-bond acceptors (Lipinski definition) is 1. The number of thiol groups is 1. The minimum atomic E-state index is -0.0208. The molecule has 4 heteroatoms. The van der Waals surface area contributed by atoms with Gasteiger partial charge >= 0.3 is 18.9 Å². The number of halogens is 1. The largest absolute Gasteiger partial charge is 1.00 e. The van der Waals surface area contributed by atoms with Crippen LogP contribution in [0.15, 0.2) is 0 Å². The van der Waals surface area contributed by atoms with Gasteiger partial charge in [-0.1, -0.05) is 0 Å². The molecule has 0 spiro atoms. The second kappa shape index (κ2) is 8.83. The van der Waals surface area contributed by atoms with Gasteiger partial charge in [0.15, 0.2) is 0 Å². The van der Waals surface area contributed by atoms with Crippen LogP contribution in [0.4, 0.5) is 0 Å². The van der Waals surface area contributed by atoms with Crippen molar-refractivity contribution in [2.45, 2.75) is 0 Å². The standard InChI is InChI=1S/BrHOS.Li/c1-3-2;/h3H;/q;+1. The Morgan fingerprint density at radius 2 is 1.75 bits per heavy atom. The fourth-order valence-corrected chi connectivity index (χ4v) is 0. The van der Waals surface area contributed by atoms with Crippen LogP contribution >= 0.6 is 14.8 Å². The van der Waals surface area contributed by atoms with Crippen molar-refractivity contribution >= 4 is 25.3 Å². The molecular formula is HBrLiOS+. The van der Waals surface area contributed by atoms with Crippen LogP contribution in [-0.4, -0.2) is 4.55 Å². The van der Waals surface area contributed by atoms with Crippen molar-refractivity contribution in [3.8, 4) is 0 Å². The van der Waals surface area contributed by atoms with Crippen molar-refractivity contribution < 1.29 is 23.4 Å². The average Bonchev–Trinajstić information content (AvgIpc) is 0.918. The van der Waals surface area contributed by atoms with Gasteiger partial charge in [-0.05, 0) is 0 Å². The molecule has 0 saturated heterocycles. The van der Waals surface area contributed by atoms with Gasteiger partial charge in [0.2, 0.25) is 14.8 Å². The van der Waals surface area contributed by atoms with Crippen LogP contribution in [0.2, 0.25) is 0 Å². The molecule has 20 valence electrons. The van der Waals surface area contributed by atoms with Gasteiger partial charge in [-0.25, -0.2) is 0 Å². The van der Waals surface area contributed by atoms with Crippen molar-refractivity contribution in [2.24, 2.45) is 0 Å². The molecule has 0 bridgehead atoms. The van der Waals surface area contributed by atoms with Crippen molar-refractivity contribution in [1.82, 2.24) is 0 Å². The Hall–Kier alpha value is 1.39. The zero-order valence-corrected chi connectivity index (χ0v) is 4.71. The van der Waals surface area contributed by atoms with E-state index in [1.165, 1.54) is 0 Å². The Morgan fingerprint density at radius 3 is 1.75 bits per heavy atom. The first-order valence-corrected chi connectivity index (χ1v) is 3.18. The van der Waals surface area contributed by atoms with Gasteiger partial charge in [0.05, 0.1) is 0 Å². The molecule has 1 nitrogen and oxygen atoms in total. The van der Waals surface area contributed by atoms with Gasteiger partial charge < -0.3 is 4.55 Å². The summed E-state index contributed by atoms with van der Waals surface area (Å²) in [5, 5.41) is 0. The van der Waals surface area contributed by atoms with Crippen LogP contribution in [0.25, 0.3) is 0 Å². The molecule has 0 atom stereocenters. The molecule has 0 aromatic rings. The van der Waals surface area contributed by atoms with E-state index in [0.717, 1.165) is 0 Å². The third-order valence-electron chi connectivity index (χ3n) is 0. The summed E-state index contributed by atoms with van der Waals surface area (Å²) >= 11 is 2.56. The molecule has 0 amide bonds. The Labute approximate surface area is 48.7 Å². The van der Waals surface area contributed by atoms with E-state index in [-0.39, 0.29) is 29.3 Å². The molecule has 0 aliphatic heterocycles. The predicted molar refractivity (Wildman–Crippen MR) is 18.5 cm³/mol. The molecular weight excluding hydrogens is 135 g/mol. The summed E-state index contributed by atoms with van der Waals surface area (Å²) in [5.74, 6) is 0. The third-order valence-corrected chi connectivity index (χ3v) is 0. The summed E-state index contributed by atoms with van der Waals surface area (Å²) in [5.41, 5.74) is 0. The summed E-state index contributed by atoms with van der Waals surface area (Å²) in [6, 6.07) is 0. The van der Waals surface area contributed by atoms with E-state index in [2.05, 4.69) is 14.8 Å². The Kier molecular flexibility index (Phi) is 20.0. The first-order valence-electron chi connectivity index (χ1n) is 0.352. The number of hydrogen-bond donors (Lipinski definition) is 0. The van der Waals surface area contributed by atoms with E-state index >= 15 is 0 Å². The number of rotatable bonds is 0. The molecule has 0 aromatic heterocycles. The molecule has 0 aliphatic carbocycles. The fourth-order valence-electron chi connectivity index (χ4n) is 0. The van der Waals surface area contributed by atoms with Crippen LogP contribution in [0.3, 0.4) is 0 Å². The smallest absolute Gasteiger partial charge is 0.608 e. The average molecular weight is 136 g/mol. The molecule has 0 saturated carbocycles. The molecule has 0 fully saturated rings. The van der Waals surface area contributed by atoms with Crippen LogP contribution in [0.1, 0.15) is 0 Å². The molecule has 0 heterocycles. The normalized spacial score (nSPS) is 4.50. The maximum atomic E-state index is 8.82. The van der Waals surface area contributed by atoms with Gasteiger partial charge in [0.25, 0.3) is 0 Å². The van der Waals surface area contributed by atoms with Crippen LogP contribution in [-0.2, 0) is 10.5 Å². The monoisotopic (exact) mass is 135 g/mol. The van der Waals surface area contributed by atoms with E-state index in [0.29, 0.717) is 0 Å². The molecule has 0 radical (unpaired) electrons. The minimum Gasteiger partial charge on any atom is -0.608 e. The summed E-state index contributed by atoms with van der Waals surface area (Å²) in [6.45, 7) is 0. The SMILES string of the molecule is [Li+].[O-][SH+]Br.